The number of hydrogen-bond acceptors (Lipinski definition) is 4. The predicted octanol–water partition coefficient (Wildman–Crippen LogP) is 5.93. The maximum absolute atomic E-state index is 4.82. The first-order chi connectivity index (χ1) is 14.9. The van der Waals surface area contributed by atoms with Crippen molar-refractivity contribution in [2.45, 2.75) is 0 Å². The Balaban J connectivity index is 1.52. The van der Waals surface area contributed by atoms with Crippen LogP contribution in [0, 0.1) is 0 Å². The van der Waals surface area contributed by atoms with E-state index in [1.807, 2.05) is 78.9 Å². The van der Waals surface area contributed by atoms with Crippen molar-refractivity contribution in [2.75, 3.05) is 0 Å². The zero-order valence-corrected chi connectivity index (χ0v) is 16.2. The number of pyridine rings is 4. The molecule has 4 nitrogen and oxygen atoms in total. The van der Waals surface area contributed by atoms with Crippen molar-refractivity contribution in [3.8, 4) is 45.3 Å². The van der Waals surface area contributed by atoms with Gasteiger partial charge in [-0.15, -0.1) is 0 Å². The van der Waals surface area contributed by atoms with E-state index < -0.39 is 0 Å². The molecular weight excluding hydrogens is 368 g/mol. The summed E-state index contributed by atoms with van der Waals surface area (Å²) in [6, 6.07) is 32.0. The Labute approximate surface area is 175 Å². The first-order valence-electron chi connectivity index (χ1n) is 9.74. The van der Waals surface area contributed by atoms with Crippen LogP contribution in [0.2, 0.25) is 0 Å². The number of hydrogen-bond donors (Lipinski definition) is 0. The molecule has 30 heavy (non-hydrogen) atoms. The van der Waals surface area contributed by atoms with Gasteiger partial charge in [-0.2, -0.15) is 0 Å². The second kappa shape index (κ2) is 8.05. The quantitative estimate of drug-likeness (QED) is 0.384. The highest BCUT2D eigenvalue weighted by Gasteiger charge is 2.08. The Morgan fingerprint density at radius 1 is 0.367 bits per heavy atom. The van der Waals surface area contributed by atoms with E-state index in [9.17, 15) is 0 Å². The first kappa shape index (κ1) is 17.9. The SMILES string of the molecule is c1ccc(-c2cccc(-c3cccc(-c4cccc(-c5ccccn5)n4)c3)n2)nc1. The zero-order valence-electron chi connectivity index (χ0n) is 16.2. The van der Waals surface area contributed by atoms with Crippen LogP contribution >= 0.6 is 0 Å². The van der Waals surface area contributed by atoms with Crippen LogP contribution in [-0.2, 0) is 0 Å². The molecule has 0 atom stereocenters. The van der Waals surface area contributed by atoms with Crippen molar-refractivity contribution in [3.05, 3.63) is 109 Å². The normalized spacial score (nSPS) is 10.7. The Bertz CT molecular complexity index is 1190. The van der Waals surface area contributed by atoms with Crippen molar-refractivity contribution in [1.82, 2.24) is 19.9 Å². The molecule has 0 aliphatic carbocycles. The fraction of sp³-hybridized carbons (Fsp3) is 0. The van der Waals surface area contributed by atoms with Gasteiger partial charge in [0.1, 0.15) is 0 Å². The summed E-state index contributed by atoms with van der Waals surface area (Å²) in [5, 5.41) is 0. The molecule has 5 aromatic rings. The molecule has 4 aromatic heterocycles. The number of aromatic nitrogens is 4. The summed E-state index contributed by atoms with van der Waals surface area (Å²) in [5.74, 6) is 0. The van der Waals surface area contributed by atoms with Crippen molar-refractivity contribution < 1.29 is 0 Å². The van der Waals surface area contributed by atoms with Crippen LogP contribution in [0.25, 0.3) is 45.3 Å². The van der Waals surface area contributed by atoms with E-state index in [0.29, 0.717) is 0 Å². The lowest BCUT2D eigenvalue weighted by molar-refractivity contribution is 1.24. The van der Waals surface area contributed by atoms with Crippen LogP contribution in [0.5, 0.6) is 0 Å². The zero-order chi connectivity index (χ0) is 20.2. The third kappa shape index (κ3) is 3.71. The molecular formula is C26H18N4. The minimum absolute atomic E-state index is 0.855. The van der Waals surface area contributed by atoms with E-state index in [4.69, 9.17) is 9.97 Å². The topological polar surface area (TPSA) is 51.6 Å². The highest BCUT2D eigenvalue weighted by molar-refractivity contribution is 5.72. The Kier molecular flexibility index (Phi) is 4.80. The predicted molar refractivity (Wildman–Crippen MR) is 119 cm³/mol. The molecule has 0 radical (unpaired) electrons. The van der Waals surface area contributed by atoms with Gasteiger partial charge in [0.15, 0.2) is 0 Å². The van der Waals surface area contributed by atoms with Gasteiger partial charge in [-0.1, -0.05) is 42.5 Å². The minimum atomic E-state index is 0.855. The third-order valence-electron chi connectivity index (χ3n) is 4.81. The average Bonchev–Trinajstić information content (AvgIpc) is 2.85. The molecule has 0 aliphatic rings. The molecule has 0 unspecified atom stereocenters. The van der Waals surface area contributed by atoms with E-state index in [-0.39, 0.29) is 0 Å². The minimum Gasteiger partial charge on any atom is -0.255 e. The number of nitrogens with zero attached hydrogens (tertiary/aromatic N) is 4. The van der Waals surface area contributed by atoms with E-state index in [1.54, 1.807) is 12.4 Å². The van der Waals surface area contributed by atoms with Gasteiger partial charge in [0.2, 0.25) is 0 Å². The molecule has 0 fully saturated rings. The first-order valence-corrected chi connectivity index (χ1v) is 9.74. The van der Waals surface area contributed by atoms with Gasteiger partial charge in [0, 0.05) is 23.5 Å². The lowest BCUT2D eigenvalue weighted by atomic mass is 10.0. The molecule has 0 saturated heterocycles. The lowest BCUT2D eigenvalue weighted by Gasteiger charge is -2.08. The van der Waals surface area contributed by atoms with Crippen molar-refractivity contribution in [3.63, 3.8) is 0 Å². The van der Waals surface area contributed by atoms with Crippen LogP contribution in [0.4, 0.5) is 0 Å². The smallest absolute Gasteiger partial charge is 0.0893 e. The van der Waals surface area contributed by atoms with E-state index in [0.717, 1.165) is 45.3 Å². The van der Waals surface area contributed by atoms with Crippen LogP contribution < -0.4 is 0 Å². The van der Waals surface area contributed by atoms with Gasteiger partial charge in [0.25, 0.3) is 0 Å². The average molecular weight is 386 g/mol. The summed E-state index contributed by atoms with van der Waals surface area (Å²) < 4.78 is 0. The maximum atomic E-state index is 4.82. The van der Waals surface area contributed by atoms with Gasteiger partial charge < -0.3 is 0 Å². The molecule has 4 heteroatoms. The lowest BCUT2D eigenvalue weighted by Crippen LogP contribution is -1.92. The van der Waals surface area contributed by atoms with Crippen LogP contribution in [0.15, 0.2) is 109 Å². The largest absolute Gasteiger partial charge is 0.255 e. The van der Waals surface area contributed by atoms with Crippen molar-refractivity contribution in [1.29, 1.82) is 0 Å². The second-order valence-electron chi connectivity index (χ2n) is 6.83. The van der Waals surface area contributed by atoms with E-state index in [1.165, 1.54) is 0 Å². The Hall–Kier alpha value is -4.18. The third-order valence-corrected chi connectivity index (χ3v) is 4.81. The summed E-state index contributed by atoms with van der Waals surface area (Å²) in [4.78, 5) is 18.5. The molecule has 0 saturated carbocycles. The van der Waals surface area contributed by atoms with E-state index in [2.05, 4.69) is 28.2 Å². The van der Waals surface area contributed by atoms with Crippen LogP contribution in [0.3, 0.4) is 0 Å². The molecule has 0 N–H and O–H groups in total. The summed E-state index contributed by atoms with van der Waals surface area (Å²) >= 11 is 0. The monoisotopic (exact) mass is 386 g/mol. The highest BCUT2D eigenvalue weighted by Crippen LogP contribution is 2.27. The Morgan fingerprint density at radius 3 is 1.27 bits per heavy atom. The van der Waals surface area contributed by atoms with Crippen molar-refractivity contribution >= 4 is 0 Å². The molecule has 0 aliphatic heterocycles. The second-order valence-corrected chi connectivity index (χ2v) is 6.83. The number of benzene rings is 1. The molecule has 4 heterocycles. The van der Waals surface area contributed by atoms with Gasteiger partial charge in [-0.3, -0.25) is 9.97 Å². The van der Waals surface area contributed by atoms with Crippen molar-refractivity contribution in [2.24, 2.45) is 0 Å². The molecule has 0 spiro atoms. The molecule has 142 valence electrons. The maximum Gasteiger partial charge on any atom is 0.0893 e. The fourth-order valence-electron chi connectivity index (χ4n) is 3.34. The van der Waals surface area contributed by atoms with Crippen LogP contribution in [0.1, 0.15) is 0 Å². The summed E-state index contributed by atoms with van der Waals surface area (Å²) in [6.07, 6.45) is 3.56. The van der Waals surface area contributed by atoms with Gasteiger partial charge in [0.05, 0.1) is 34.2 Å². The Morgan fingerprint density at radius 2 is 0.800 bits per heavy atom. The fourth-order valence-corrected chi connectivity index (χ4v) is 3.34. The van der Waals surface area contributed by atoms with Gasteiger partial charge in [-0.05, 0) is 54.6 Å². The summed E-state index contributed by atoms with van der Waals surface area (Å²) in [6.45, 7) is 0. The number of rotatable bonds is 4. The molecule has 0 bridgehead atoms. The van der Waals surface area contributed by atoms with Crippen LogP contribution in [-0.4, -0.2) is 19.9 Å². The standard InChI is InChI=1S/C26H18N4/c1-3-16-27-23(10-1)25-14-6-12-21(29-25)19-8-5-9-20(18-19)22-13-7-15-26(30-22)24-11-2-4-17-28-24/h1-18H. The summed E-state index contributed by atoms with van der Waals surface area (Å²) in [7, 11) is 0. The van der Waals surface area contributed by atoms with Gasteiger partial charge in [-0.25, -0.2) is 9.97 Å². The van der Waals surface area contributed by atoms with Gasteiger partial charge >= 0.3 is 0 Å². The van der Waals surface area contributed by atoms with E-state index >= 15 is 0 Å². The molecule has 1 aromatic carbocycles. The highest BCUT2D eigenvalue weighted by atomic mass is 14.8. The summed E-state index contributed by atoms with van der Waals surface area (Å²) in [5.41, 5.74) is 7.32. The molecule has 5 rings (SSSR count). The molecule has 0 amide bonds.